The van der Waals surface area contributed by atoms with Gasteiger partial charge in [-0.25, -0.2) is 0 Å². The van der Waals surface area contributed by atoms with E-state index < -0.39 is 5.38 Å². The van der Waals surface area contributed by atoms with Gasteiger partial charge in [0, 0.05) is 28.3 Å². The SMILES string of the molecule is CC(=O)n1c2ccc(Cl)cc2c2ccc(C(=O)C(C)Cl)cc21. The van der Waals surface area contributed by atoms with Gasteiger partial charge in [0.2, 0.25) is 5.91 Å². The molecule has 0 aliphatic rings. The molecule has 0 aliphatic carbocycles. The number of Topliss-reactive ketones (excluding diaryl/α,β-unsaturated/α-hetero) is 1. The van der Waals surface area contributed by atoms with Crippen LogP contribution < -0.4 is 0 Å². The summed E-state index contributed by atoms with van der Waals surface area (Å²) in [6.07, 6.45) is 0. The summed E-state index contributed by atoms with van der Waals surface area (Å²) in [5.74, 6) is -0.284. The quantitative estimate of drug-likeness (QED) is 0.493. The number of carbonyl (C=O) groups is 2. The van der Waals surface area contributed by atoms with E-state index in [4.69, 9.17) is 23.2 Å². The number of alkyl halides is 1. The van der Waals surface area contributed by atoms with E-state index in [9.17, 15) is 9.59 Å². The highest BCUT2D eigenvalue weighted by atomic mass is 35.5. The van der Waals surface area contributed by atoms with Gasteiger partial charge < -0.3 is 0 Å². The predicted octanol–water partition coefficient (Wildman–Crippen LogP) is 4.92. The fraction of sp³-hybridized carbons (Fsp3) is 0.176. The van der Waals surface area contributed by atoms with Gasteiger partial charge in [0.05, 0.1) is 16.4 Å². The minimum atomic E-state index is -0.609. The molecule has 0 saturated carbocycles. The monoisotopic (exact) mass is 333 g/mol. The van der Waals surface area contributed by atoms with E-state index in [1.54, 1.807) is 29.7 Å². The van der Waals surface area contributed by atoms with Crippen molar-refractivity contribution in [1.29, 1.82) is 0 Å². The zero-order valence-corrected chi connectivity index (χ0v) is 13.6. The van der Waals surface area contributed by atoms with E-state index in [2.05, 4.69) is 0 Å². The lowest BCUT2D eigenvalue weighted by atomic mass is 10.1. The number of nitrogens with zero attached hydrogens (tertiary/aromatic N) is 1. The summed E-state index contributed by atoms with van der Waals surface area (Å²) in [6, 6.07) is 10.7. The highest BCUT2D eigenvalue weighted by Gasteiger charge is 2.17. The molecule has 0 saturated heterocycles. The number of hydrogen-bond acceptors (Lipinski definition) is 2. The van der Waals surface area contributed by atoms with Crippen LogP contribution in [0.25, 0.3) is 21.8 Å². The summed E-state index contributed by atoms with van der Waals surface area (Å²) in [5, 5.41) is 1.76. The van der Waals surface area contributed by atoms with Crippen LogP contribution in [0, 0.1) is 0 Å². The fourth-order valence-electron chi connectivity index (χ4n) is 2.72. The Balaban J connectivity index is 2.41. The molecule has 0 fully saturated rings. The van der Waals surface area contributed by atoms with Crippen LogP contribution in [0.3, 0.4) is 0 Å². The lowest BCUT2D eigenvalue weighted by Gasteiger charge is -2.05. The minimum Gasteiger partial charge on any atom is -0.293 e. The maximum absolute atomic E-state index is 12.1. The molecular weight excluding hydrogens is 321 g/mol. The summed E-state index contributed by atoms with van der Waals surface area (Å²) in [4.78, 5) is 24.1. The van der Waals surface area contributed by atoms with Crippen LogP contribution in [-0.4, -0.2) is 21.6 Å². The van der Waals surface area contributed by atoms with E-state index in [0.29, 0.717) is 16.1 Å². The van der Waals surface area contributed by atoms with E-state index in [0.717, 1.165) is 16.3 Å². The Morgan fingerprint density at radius 3 is 2.41 bits per heavy atom. The molecule has 0 N–H and O–H groups in total. The molecule has 3 rings (SSSR count). The van der Waals surface area contributed by atoms with Crippen LogP contribution in [0.2, 0.25) is 5.02 Å². The summed E-state index contributed by atoms with van der Waals surface area (Å²) in [5.41, 5.74) is 1.95. The van der Waals surface area contributed by atoms with Crippen molar-refractivity contribution in [2.24, 2.45) is 0 Å². The molecule has 3 nitrogen and oxygen atoms in total. The molecule has 0 amide bonds. The predicted molar refractivity (Wildman–Crippen MR) is 90.4 cm³/mol. The topological polar surface area (TPSA) is 39.1 Å². The Labute approximate surface area is 137 Å². The number of rotatable bonds is 2. The zero-order chi connectivity index (χ0) is 16.0. The molecule has 1 unspecified atom stereocenters. The Morgan fingerprint density at radius 1 is 1.05 bits per heavy atom. The van der Waals surface area contributed by atoms with Gasteiger partial charge in [0.1, 0.15) is 0 Å². The Kier molecular flexibility index (Phi) is 3.71. The Hall–Kier alpha value is -1.84. The third kappa shape index (κ3) is 2.31. The first-order chi connectivity index (χ1) is 10.4. The average Bonchev–Trinajstić information content (AvgIpc) is 2.79. The number of aromatic nitrogens is 1. The highest BCUT2D eigenvalue weighted by Crippen LogP contribution is 2.32. The van der Waals surface area contributed by atoms with Crippen LogP contribution in [0.4, 0.5) is 0 Å². The summed E-state index contributed by atoms with van der Waals surface area (Å²) >= 11 is 11.9. The summed E-state index contributed by atoms with van der Waals surface area (Å²) < 4.78 is 1.59. The largest absolute Gasteiger partial charge is 0.293 e. The average molecular weight is 334 g/mol. The van der Waals surface area contributed by atoms with Crippen molar-refractivity contribution in [3.05, 3.63) is 47.0 Å². The molecule has 1 atom stereocenters. The third-order valence-corrected chi connectivity index (χ3v) is 4.12. The van der Waals surface area contributed by atoms with Crippen molar-refractivity contribution in [1.82, 2.24) is 4.57 Å². The Morgan fingerprint density at radius 2 is 1.77 bits per heavy atom. The summed E-state index contributed by atoms with van der Waals surface area (Å²) in [6.45, 7) is 3.13. The van der Waals surface area contributed by atoms with Gasteiger partial charge in [0.25, 0.3) is 0 Å². The maximum Gasteiger partial charge on any atom is 0.228 e. The van der Waals surface area contributed by atoms with Crippen LogP contribution in [-0.2, 0) is 0 Å². The maximum atomic E-state index is 12.1. The molecule has 2 aromatic carbocycles. The van der Waals surface area contributed by atoms with Crippen molar-refractivity contribution >= 4 is 56.7 Å². The smallest absolute Gasteiger partial charge is 0.228 e. The van der Waals surface area contributed by atoms with Crippen LogP contribution in [0.15, 0.2) is 36.4 Å². The number of benzene rings is 2. The second-order valence-corrected chi connectivity index (χ2v) is 6.32. The molecule has 0 spiro atoms. The van der Waals surface area contributed by atoms with Crippen molar-refractivity contribution in [3.8, 4) is 0 Å². The van der Waals surface area contributed by atoms with Crippen LogP contribution in [0.5, 0.6) is 0 Å². The molecular formula is C17H13Cl2NO2. The van der Waals surface area contributed by atoms with Gasteiger partial charge in [-0.15, -0.1) is 11.6 Å². The zero-order valence-electron chi connectivity index (χ0n) is 12.1. The van der Waals surface area contributed by atoms with E-state index >= 15 is 0 Å². The first kappa shape index (κ1) is 15.1. The van der Waals surface area contributed by atoms with Crippen molar-refractivity contribution in [2.75, 3.05) is 0 Å². The number of halogens is 2. The molecule has 112 valence electrons. The van der Waals surface area contributed by atoms with Gasteiger partial charge >= 0.3 is 0 Å². The number of carbonyl (C=O) groups excluding carboxylic acids is 2. The van der Waals surface area contributed by atoms with Crippen LogP contribution >= 0.6 is 23.2 Å². The first-order valence-electron chi connectivity index (χ1n) is 6.83. The molecule has 5 heteroatoms. The van der Waals surface area contributed by atoms with E-state index in [1.165, 1.54) is 6.92 Å². The molecule has 1 heterocycles. The Bertz CT molecular complexity index is 925. The van der Waals surface area contributed by atoms with Crippen molar-refractivity contribution < 1.29 is 9.59 Å². The standard InChI is InChI=1S/C17H13Cl2NO2/c1-9(18)17(22)11-3-5-13-14-8-12(19)4-6-15(14)20(10(2)21)16(13)7-11/h3-9H,1-2H3. The van der Waals surface area contributed by atoms with Gasteiger partial charge in [-0.05, 0) is 31.2 Å². The van der Waals surface area contributed by atoms with E-state index in [1.807, 2.05) is 18.2 Å². The molecule has 0 radical (unpaired) electrons. The van der Waals surface area contributed by atoms with Crippen molar-refractivity contribution in [3.63, 3.8) is 0 Å². The molecule has 0 aliphatic heterocycles. The lowest BCUT2D eigenvalue weighted by molar-refractivity contribution is 0.0944. The highest BCUT2D eigenvalue weighted by molar-refractivity contribution is 6.34. The van der Waals surface area contributed by atoms with Gasteiger partial charge in [-0.2, -0.15) is 0 Å². The molecule has 22 heavy (non-hydrogen) atoms. The third-order valence-electron chi connectivity index (χ3n) is 3.69. The number of hydrogen-bond donors (Lipinski definition) is 0. The first-order valence-corrected chi connectivity index (χ1v) is 7.64. The fourth-order valence-corrected chi connectivity index (χ4v) is 3.01. The van der Waals surface area contributed by atoms with Gasteiger partial charge in [-0.1, -0.05) is 23.7 Å². The van der Waals surface area contributed by atoms with Gasteiger partial charge in [-0.3, -0.25) is 14.2 Å². The van der Waals surface area contributed by atoms with E-state index in [-0.39, 0.29) is 11.7 Å². The number of ketones is 1. The normalized spacial score (nSPS) is 12.7. The molecule has 3 aromatic rings. The van der Waals surface area contributed by atoms with Crippen LogP contribution in [0.1, 0.15) is 29.0 Å². The second kappa shape index (κ2) is 5.41. The lowest BCUT2D eigenvalue weighted by Crippen LogP contribution is -2.11. The second-order valence-electron chi connectivity index (χ2n) is 5.23. The minimum absolute atomic E-state index is 0.120. The number of fused-ring (bicyclic) bond motifs is 3. The van der Waals surface area contributed by atoms with Crippen molar-refractivity contribution in [2.45, 2.75) is 19.2 Å². The molecule has 1 aromatic heterocycles. The van der Waals surface area contributed by atoms with Gasteiger partial charge in [0.15, 0.2) is 5.78 Å². The molecule has 0 bridgehead atoms. The summed E-state index contributed by atoms with van der Waals surface area (Å²) in [7, 11) is 0.